The zero-order valence-electron chi connectivity index (χ0n) is 17.7. The molecule has 1 fully saturated rings. The van der Waals surface area contributed by atoms with E-state index in [0.29, 0.717) is 18.1 Å². The summed E-state index contributed by atoms with van der Waals surface area (Å²) >= 11 is 0. The van der Waals surface area contributed by atoms with Gasteiger partial charge in [0.25, 0.3) is 0 Å². The van der Waals surface area contributed by atoms with Gasteiger partial charge in [-0.3, -0.25) is 0 Å². The van der Waals surface area contributed by atoms with Crippen molar-refractivity contribution < 1.29 is 31.1 Å². The first-order valence-corrected chi connectivity index (χ1v) is 10.7. The summed E-state index contributed by atoms with van der Waals surface area (Å²) in [6.45, 7) is 2.78. The smallest absolute Gasteiger partial charge is 0.373 e. The Hall–Kier alpha value is -2.46. The third-order valence-electron chi connectivity index (χ3n) is 5.63. The van der Waals surface area contributed by atoms with Gasteiger partial charge in [-0.1, -0.05) is 44.2 Å². The van der Waals surface area contributed by atoms with Crippen molar-refractivity contribution in [3.63, 3.8) is 0 Å². The Kier molecular flexibility index (Phi) is 7.89. The number of hydrogen-bond donors (Lipinski definition) is 0. The number of rotatable bonds is 6. The molecule has 1 aliphatic rings. The van der Waals surface area contributed by atoms with Gasteiger partial charge in [0.05, 0.1) is 18.3 Å². The van der Waals surface area contributed by atoms with Crippen LogP contribution in [0.1, 0.15) is 62.7 Å². The predicted molar refractivity (Wildman–Crippen MR) is 110 cm³/mol. The number of alkyl halides is 3. The first kappa shape index (κ1) is 24.2. The summed E-state index contributed by atoms with van der Waals surface area (Å²) in [6, 6.07) is 5.88. The van der Waals surface area contributed by atoms with Crippen molar-refractivity contribution in [2.45, 2.75) is 57.7 Å². The fraction of sp³-hybridized carbons (Fsp3) is 0.440. The van der Waals surface area contributed by atoms with Crippen LogP contribution in [-0.2, 0) is 4.74 Å². The summed E-state index contributed by atoms with van der Waals surface area (Å²) in [5.74, 6) is -0.474. The van der Waals surface area contributed by atoms with Crippen LogP contribution < -0.4 is 0 Å². The van der Waals surface area contributed by atoms with Crippen LogP contribution in [0.2, 0.25) is 0 Å². The van der Waals surface area contributed by atoms with Gasteiger partial charge in [0.15, 0.2) is 0 Å². The van der Waals surface area contributed by atoms with Gasteiger partial charge in [-0.15, -0.1) is 0 Å². The van der Waals surface area contributed by atoms with E-state index in [1.54, 1.807) is 6.07 Å². The van der Waals surface area contributed by atoms with Gasteiger partial charge in [0.1, 0.15) is 17.5 Å². The molecular weight excluding hydrogens is 430 g/mol. The maximum Gasteiger partial charge on any atom is 0.458 e. The minimum Gasteiger partial charge on any atom is -0.373 e. The van der Waals surface area contributed by atoms with Crippen LogP contribution in [0.3, 0.4) is 0 Å². The maximum atomic E-state index is 14.8. The first-order valence-electron chi connectivity index (χ1n) is 10.7. The van der Waals surface area contributed by atoms with Crippen LogP contribution in [0, 0.1) is 35.2 Å². The second kappa shape index (κ2) is 10.4. The third kappa shape index (κ3) is 6.29. The normalized spacial score (nSPS) is 18.8. The van der Waals surface area contributed by atoms with Gasteiger partial charge in [-0.25, -0.2) is 13.2 Å². The number of hydrogen-bond acceptors (Lipinski definition) is 1. The molecule has 0 aromatic heterocycles. The first-order chi connectivity index (χ1) is 15.2. The number of unbranched alkanes of at least 4 members (excludes halogenated alkanes) is 2. The molecule has 32 heavy (non-hydrogen) atoms. The van der Waals surface area contributed by atoms with Crippen LogP contribution in [0.5, 0.6) is 0 Å². The van der Waals surface area contributed by atoms with E-state index in [2.05, 4.69) is 6.92 Å². The molecule has 2 aromatic carbocycles. The lowest BCUT2D eigenvalue weighted by atomic mass is 9.90. The molecule has 1 heterocycles. The Morgan fingerprint density at radius 2 is 1.69 bits per heavy atom. The number of ether oxygens (including phenoxy) is 1. The Morgan fingerprint density at radius 3 is 2.25 bits per heavy atom. The largest absolute Gasteiger partial charge is 0.458 e. The molecule has 172 valence electrons. The summed E-state index contributed by atoms with van der Waals surface area (Å²) in [4.78, 5) is 0. The molecule has 0 aliphatic carbocycles. The Bertz CT molecular complexity index is 971. The van der Waals surface area contributed by atoms with Crippen molar-refractivity contribution in [2.24, 2.45) is 5.92 Å². The molecule has 2 unspecified atom stereocenters. The molecule has 0 saturated carbocycles. The van der Waals surface area contributed by atoms with Gasteiger partial charge < -0.3 is 4.74 Å². The molecule has 0 bridgehead atoms. The minimum absolute atomic E-state index is 0.0601. The van der Waals surface area contributed by atoms with Crippen LogP contribution in [-0.4, -0.2) is 12.8 Å². The highest BCUT2D eigenvalue weighted by Gasteiger charge is 2.25. The Labute approximate surface area is 183 Å². The second-order valence-corrected chi connectivity index (χ2v) is 8.06. The summed E-state index contributed by atoms with van der Waals surface area (Å²) < 4.78 is 85.6. The topological polar surface area (TPSA) is 9.23 Å². The maximum absolute atomic E-state index is 14.8. The van der Waals surface area contributed by atoms with E-state index in [4.69, 9.17) is 4.74 Å². The molecule has 3 rings (SSSR count). The highest BCUT2D eigenvalue weighted by Crippen LogP contribution is 2.35. The minimum atomic E-state index is -4.88. The third-order valence-corrected chi connectivity index (χ3v) is 5.63. The average molecular weight is 454 g/mol. The van der Waals surface area contributed by atoms with Gasteiger partial charge in [-0.05, 0) is 54.5 Å². The van der Waals surface area contributed by atoms with E-state index in [0.717, 1.165) is 37.3 Å². The number of benzene rings is 2. The quantitative estimate of drug-likeness (QED) is 0.247. The van der Waals surface area contributed by atoms with E-state index in [1.165, 1.54) is 37.3 Å². The highest BCUT2D eigenvalue weighted by molar-refractivity contribution is 5.66. The average Bonchev–Trinajstić information content (AvgIpc) is 2.73. The Balaban J connectivity index is 1.74. The van der Waals surface area contributed by atoms with Gasteiger partial charge in [-0.2, -0.15) is 13.2 Å². The van der Waals surface area contributed by atoms with Crippen molar-refractivity contribution >= 4 is 0 Å². The van der Waals surface area contributed by atoms with Gasteiger partial charge in [0, 0.05) is 11.5 Å². The molecular formula is C25H24F6O. The summed E-state index contributed by atoms with van der Waals surface area (Å²) in [5.41, 5.74) is -0.545. The predicted octanol–water partition coefficient (Wildman–Crippen LogP) is 7.73. The fourth-order valence-electron chi connectivity index (χ4n) is 3.93. The van der Waals surface area contributed by atoms with Crippen LogP contribution >= 0.6 is 0 Å². The number of halogens is 6. The summed E-state index contributed by atoms with van der Waals surface area (Å²) in [6.07, 6.45) is 1.30. The standard InChI is InChI=1S/C25H24F6O/c1-2-3-4-5-16-6-9-24(32-15-16)17-7-8-19(21(26)12-17)18-13-22(27)20(23(28)14-18)10-11-25(29,30)31/h7-8,12-14,16,24H,2-6,9,15H2,1H3. The fourth-order valence-corrected chi connectivity index (χ4v) is 3.93. The van der Waals surface area contributed by atoms with Crippen LogP contribution in [0.4, 0.5) is 26.3 Å². The van der Waals surface area contributed by atoms with Crippen molar-refractivity contribution in [3.8, 4) is 23.0 Å². The second-order valence-electron chi connectivity index (χ2n) is 8.06. The molecule has 0 radical (unpaired) electrons. The van der Waals surface area contributed by atoms with E-state index in [1.807, 2.05) is 0 Å². The van der Waals surface area contributed by atoms with E-state index in [9.17, 15) is 26.3 Å². The van der Waals surface area contributed by atoms with Crippen molar-refractivity contribution in [1.29, 1.82) is 0 Å². The molecule has 2 aromatic rings. The molecule has 1 nitrogen and oxygen atoms in total. The lowest BCUT2D eigenvalue weighted by molar-refractivity contribution is -0.0696. The SMILES string of the molecule is CCCCCC1CCC(c2ccc(-c3cc(F)c(C#CC(F)(F)F)c(F)c3)c(F)c2)OC1. The molecule has 7 heteroatoms. The van der Waals surface area contributed by atoms with Crippen molar-refractivity contribution in [1.82, 2.24) is 0 Å². The highest BCUT2D eigenvalue weighted by atomic mass is 19.4. The monoisotopic (exact) mass is 454 g/mol. The molecule has 1 saturated heterocycles. The summed E-state index contributed by atoms with van der Waals surface area (Å²) in [5, 5.41) is 0. The van der Waals surface area contributed by atoms with E-state index >= 15 is 0 Å². The van der Waals surface area contributed by atoms with E-state index < -0.39 is 29.2 Å². The molecule has 0 spiro atoms. The molecule has 2 atom stereocenters. The van der Waals surface area contributed by atoms with Crippen molar-refractivity contribution in [3.05, 3.63) is 58.9 Å². The summed E-state index contributed by atoms with van der Waals surface area (Å²) in [7, 11) is 0. The van der Waals surface area contributed by atoms with Crippen LogP contribution in [0.25, 0.3) is 11.1 Å². The lowest BCUT2D eigenvalue weighted by Gasteiger charge is -2.29. The van der Waals surface area contributed by atoms with Crippen LogP contribution in [0.15, 0.2) is 30.3 Å². The molecule has 1 aliphatic heterocycles. The lowest BCUT2D eigenvalue weighted by Crippen LogP contribution is -2.20. The zero-order valence-corrected chi connectivity index (χ0v) is 17.7. The van der Waals surface area contributed by atoms with Gasteiger partial charge in [0.2, 0.25) is 0 Å². The zero-order chi connectivity index (χ0) is 23.3. The van der Waals surface area contributed by atoms with Gasteiger partial charge >= 0.3 is 6.18 Å². The molecule has 0 N–H and O–H groups in total. The van der Waals surface area contributed by atoms with Crippen molar-refractivity contribution in [2.75, 3.05) is 6.61 Å². The Morgan fingerprint density at radius 1 is 0.969 bits per heavy atom. The molecule has 0 amide bonds. The van der Waals surface area contributed by atoms with E-state index in [-0.39, 0.29) is 17.2 Å².